The highest BCUT2D eigenvalue weighted by atomic mass is 19.1. The van der Waals surface area contributed by atoms with Gasteiger partial charge in [-0.25, -0.2) is 14.4 Å². The Kier molecular flexibility index (Phi) is 6.46. The summed E-state index contributed by atoms with van der Waals surface area (Å²) in [5.41, 5.74) is 6.29. The van der Waals surface area contributed by atoms with Gasteiger partial charge >= 0.3 is 0 Å². The predicted octanol–water partition coefficient (Wildman–Crippen LogP) is 5.55. The lowest BCUT2D eigenvalue weighted by molar-refractivity contribution is -0.122. The molecular formula is C33H31FN6O2. The van der Waals surface area contributed by atoms with Gasteiger partial charge in [0.1, 0.15) is 17.1 Å². The van der Waals surface area contributed by atoms with E-state index in [1.165, 1.54) is 13.2 Å². The van der Waals surface area contributed by atoms with Gasteiger partial charge in [0.15, 0.2) is 0 Å². The Hall–Kier alpha value is -4.63. The minimum Gasteiger partial charge on any atom is -0.496 e. The van der Waals surface area contributed by atoms with Crippen molar-refractivity contribution in [1.29, 1.82) is 0 Å². The molecule has 9 heteroatoms. The van der Waals surface area contributed by atoms with Gasteiger partial charge in [-0.05, 0) is 69.1 Å². The van der Waals surface area contributed by atoms with Crippen molar-refractivity contribution in [3.8, 4) is 17.0 Å². The van der Waals surface area contributed by atoms with Gasteiger partial charge in [0, 0.05) is 40.8 Å². The number of benzene rings is 3. The molecule has 7 rings (SSSR count). The van der Waals surface area contributed by atoms with Crippen LogP contribution in [0.5, 0.6) is 5.75 Å². The molecule has 1 amide bonds. The van der Waals surface area contributed by atoms with E-state index in [1.807, 2.05) is 54.3 Å². The van der Waals surface area contributed by atoms with Gasteiger partial charge in [0.05, 0.1) is 30.6 Å². The number of anilines is 3. The molecule has 3 aromatic carbocycles. The molecule has 2 fully saturated rings. The maximum absolute atomic E-state index is 15.2. The highest BCUT2D eigenvalue weighted by Crippen LogP contribution is 2.37. The van der Waals surface area contributed by atoms with Crippen LogP contribution in [0.1, 0.15) is 41.5 Å². The third-order valence-electron chi connectivity index (χ3n) is 8.46. The summed E-state index contributed by atoms with van der Waals surface area (Å²) in [7, 11) is 1.53. The third kappa shape index (κ3) is 4.41. The first-order valence-corrected chi connectivity index (χ1v) is 14.2. The molecule has 4 heterocycles. The average molecular weight is 563 g/mol. The van der Waals surface area contributed by atoms with Gasteiger partial charge in [0.2, 0.25) is 11.9 Å². The lowest BCUT2D eigenvalue weighted by Gasteiger charge is -2.23. The van der Waals surface area contributed by atoms with Crippen LogP contribution in [0.25, 0.3) is 11.3 Å². The SMILES string of the molecule is COc1cccc(F)c1C1=NCc2cnc(Nc3cccc(N4CCC5(CCCN5)C4=O)c3)nc2-c2ccc(C)cc21. The van der Waals surface area contributed by atoms with Gasteiger partial charge in [0.25, 0.3) is 0 Å². The number of aliphatic imine (C=N–C) groups is 1. The van der Waals surface area contributed by atoms with Crippen LogP contribution < -0.4 is 20.3 Å². The number of aryl methyl sites for hydroxylation is 1. The zero-order valence-electron chi connectivity index (χ0n) is 23.6. The molecule has 8 nitrogen and oxygen atoms in total. The number of methoxy groups -OCH3 is 1. The lowest BCUT2D eigenvalue weighted by Crippen LogP contribution is -2.47. The summed E-state index contributed by atoms with van der Waals surface area (Å²) in [5, 5.41) is 6.77. The molecule has 3 aliphatic rings. The normalized spacial score (nSPS) is 19.4. The van der Waals surface area contributed by atoms with Crippen LogP contribution in [0.3, 0.4) is 0 Å². The quantitative estimate of drug-likeness (QED) is 0.331. The van der Waals surface area contributed by atoms with Crippen molar-refractivity contribution in [1.82, 2.24) is 15.3 Å². The summed E-state index contributed by atoms with van der Waals surface area (Å²) in [4.78, 5) is 29.5. The minimum absolute atomic E-state index is 0.146. The van der Waals surface area contributed by atoms with Gasteiger partial charge in [-0.1, -0.05) is 29.8 Å². The van der Waals surface area contributed by atoms with E-state index >= 15 is 4.39 Å². The Labute approximate surface area is 243 Å². The number of nitrogens with zero attached hydrogens (tertiary/aromatic N) is 4. The van der Waals surface area contributed by atoms with Crippen LogP contribution in [0, 0.1) is 12.7 Å². The maximum atomic E-state index is 15.2. The summed E-state index contributed by atoms with van der Waals surface area (Å²) >= 11 is 0. The van der Waals surface area contributed by atoms with Crippen LogP contribution >= 0.6 is 0 Å². The second-order valence-corrected chi connectivity index (χ2v) is 11.1. The van der Waals surface area contributed by atoms with E-state index in [1.54, 1.807) is 18.3 Å². The van der Waals surface area contributed by atoms with E-state index in [0.717, 1.165) is 65.1 Å². The lowest BCUT2D eigenvalue weighted by atomic mass is 9.93. The fourth-order valence-corrected chi connectivity index (χ4v) is 6.34. The number of carbonyl (C=O) groups is 1. The number of amides is 1. The van der Waals surface area contributed by atoms with Crippen molar-refractivity contribution in [2.75, 3.05) is 30.4 Å². The number of hydrogen-bond donors (Lipinski definition) is 2. The summed E-state index contributed by atoms with van der Waals surface area (Å²) in [6.07, 6.45) is 4.50. The van der Waals surface area contributed by atoms with Crippen molar-refractivity contribution >= 4 is 28.9 Å². The molecular weight excluding hydrogens is 531 g/mol. The molecule has 3 aliphatic heterocycles. The van der Waals surface area contributed by atoms with E-state index in [0.29, 0.717) is 36.1 Å². The zero-order chi connectivity index (χ0) is 28.8. The van der Waals surface area contributed by atoms with Crippen molar-refractivity contribution in [2.45, 2.75) is 38.3 Å². The summed E-state index contributed by atoms with van der Waals surface area (Å²) < 4.78 is 20.7. The summed E-state index contributed by atoms with van der Waals surface area (Å²) in [5.74, 6) is 0.594. The first-order valence-electron chi connectivity index (χ1n) is 14.2. The number of nitrogens with one attached hydrogen (secondary N) is 2. The summed E-state index contributed by atoms with van der Waals surface area (Å²) in [6, 6.07) is 18.6. The molecule has 0 saturated carbocycles. The van der Waals surface area contributed by atoms with E-state index < -0.39 is 11.4 Å². The molecule has 1 atom stereocenters. The maximum Gasteiger partial charge on any atom is 0.247 e. The Balaban J connectivity index is 1.23. The van der Waals surface area contributed by atoms with Crippen LogP contribution in [-0.2, 0) is 11.3 Å². The number of hydrogen-bond acceptors (Lipinski definition) is 7. The molecule has 2 N–H and O–H groups in total. The van der Waals surface area contributed by atoms with Gasteiger partial charge in [-0.15, -0.1) is 0 Å². The fraction of sp³-hybridized carbons (Fsp3) is 0.273. The number of ether oxygens (including phenoxy) is 1. The molecule has 0 aliphatic carbocycles. The molecule has 212 valence electrons. The number of halogens is 1. The van der Waals surface area contributed by atoms with Gasteiger partial charge < -0.3 is 20.3 Å². The minimum atomic E-state index is -0.414. The molecule has 4 aromatic rings. The van der Waals surface area contributed by atoms with Crippen LogP contribution in [0.4, 0.5) is 21.7 Å². The van der Waals surface area contributed by atoms with Crippen LogP contribution in [0.15, 0.2) is 71.9 Å². The number of rotatable bonds is 5. The van der Waals surface area contributed by atoms with E-state index in [2.05, 4.69) is 15.6 Å². The standard InChI is InChI=1S/C33H31FN6O2/c1-20-10-11-24-25(16-20)30(28-26(34)8-4-9-27(28)42-2)35-18-21-19-36-32(39-29(21)24)38-22-6-3-7-23(17-22)40-15-13-33(31(40)41)12-5-14-37-33/h3-4,6-11,16-17,19,37H,5,12-15,18H2,1-2H3,(H,36,38,39). The topological polar surface area (TPSA) is 91.7 Å². The monoisotopic (exact) mass is 562 g/mol. The predicted molar refractivity (Wildman–Crippen MR) is 161 cm³/mol. The average Bonchev–Trinajstić information content (AvgIpc) is 3.57. The van der Waals surface area contributed by atoms with Gasteiger partial charge in [-0.3, -0.25) is 9.79 Å². The van der Waals surface area contributed by atoms with E-state index in [9.17, 15) is 4.79 Å². The number of carbonyl (C=O) groups excluding carboxylic acids is 1. The second-order valence-electron chi connectivity index (χ2n) is 11.1. The molecule has 1 spiro atoms. The van der Waals surface area contributed by atoms with Crippen LogP contribution in [-0.4, -0.2) is 47.3 Å². The smallest absolute Gasteiger partial charge is 0.247 e. The van der Waals surface area contributed by atoms with Gasteiger partial charge in [-0.2, -0.15) is 0 Å². The summed E-state index contributed by atoms with van der Waals surface area (Å²) in [6.45, 7) is 3.87. The number of aromatic nitrogens is 2. The Morgan fingerprint density at radius 3 is 2.79 bits per heavy atom. The zero-order valence-corrected chi connectivity index (χ0v) is 23.6. The molecule has 42 heavy (non-hydrogen) atoms. The van der Waals surface area contributed by atoms with Crippen LogP contribution in [0.2, 0.25) is 0 Å². The van der Waals surface area contributed by atoms with Crippen molar-refractivity contribution in [3.05, 3.63) is 94.9 Å². The molecule has 1 unspecified atom stereocenters. The second kappa shape index (κ2) is 10.3. The molecule has 0 radical (unpaired) electrons. The molecule has 2 saturated heterocycles. The van der Waals surface area contributed by atoms with Crippen molar-refractivity contribution < 1.29 is 13.9 Å². The number of fused-ring (bicyclic) bond motifs is 3. The highest BCUT2D eigenvalue weighted by Gasteiger charge is 2.48. The van der Waals surface area contributed by atoms with Crippen molar-refractivity contribution in [2.24, 2.45) is 4.99 Å². The van der Waals surface area contributed by atoms with Crippen molar-refractivity contribution in [3.63, 3.8) is 0 Å². The Bertz CT molecular complexity index is 1750. The van der Waals surface area contributed by atoms with E-state index in [4.69, 9.17) is 14.7 Å². The Morgan fingerprint density at radius 1 is 1.07 bits per heavy atom. The first-order chi connectivity index (χ1) is 20.5. The third-order valence-corrected chi connectivity index (χ3v) is 8.46. The first kappa shape index (κ1) is 26.3. The molecule has 1 aromatic heterocycles. The highest BCUT2D eigenvalue weighted by molar-refractivity contribution is 6.18. The largest absolute Gasteiger partial charge is 0.496 e. The molecule has 0 bridgehead atoms. The van der Waals surface area contributed by atoms with E-state index in [-0.39, 0.29) is 5.91 Å². The Morgan fingerprint density at radius 2 is 1.95 bits per heavy atom. The fourth-order valence-electron chi connectivity index (χ4n) is 6.34.